The van der Waals surface area contributed by atoms with E-state index in [0.717, 1.165) is 0 Å². The molecule has 0 aromatic rings. The van der Waals surface area contributed by atoms with Crippen LogP contribution < -0.4 is 5.32 Å². The van der Waals surface area contributed by atoms with Crippen molar-refractivity contribution >= 4 is 11.9 Å². The van der Waals surface area contributed by atoms with Crippen LogP contribution in [-0.2, 0) is 19.1 Å². The summed E-state index contributed by atoms with van der Waals surface area (Å²) in [6, 6.07) is -0.424. The molecule has 0 aliphatic carbocycles. The number of carboxylic acid groups (broad SMARTS) is 1. The van der Waals surface area contributed by atoms with Gasteiger partial charge in [0.25, 0.3) is 0 Å². The molecule has 6 heteroatoms. The first-order valence-corrected chi connectivity index (χ1v) is 5.32. The van der Waals surface area contributed by atoms with E-state index in [9.17, 15) is 9.59 Å². The fourth-order valence-electron chi connectivity index (χ4n) is 1.53. The summed E-state index contributed by atoms with van der Waals surface area (Å²) < 4.78 is 10.1. The predicted octanol–water partition coefficient (Wildman–Crippen LogP) is -0.371. The van der Waals surface area contributed by atoms with E-state index in [1.165, 1.54) is 0 Å². The molecule has 0 radical (unpaired) electrons. The largest absolute Gasteiger partial charge is 0.481 e. The fourth-order valence-corrected chi connectivity index (χ4v) is 1.53. The third-order valence-corrected chi connectivity index (χ3v) is 2.42. The highest BCUT2D eigenvalue weighted by Crippen LogP contribution is 2.13. The van der Waals surface area contributed by atoms with Crippen molar-refractivity contribution in [1.82, 2.24) is 5.32 Å². The van der Waals surface area contributed by atoms with Gasteiger partial charge < -0.3 is 19.9 Å². The molecule has 0 saturated carbocycles. The van der Waals surface area contributed by atoms with Gasteiger partial charge in [0.15, 0.2) is 0 Å². The van der Waals surface area contributed by atoms with Gasteiger partial charge >= 0.3 is 5.97 Å². The van der Waals surface area contributed by atoms with E-state index in [1.807, 2.05) is 6.92 Å². The number of nitrogens with one attached hydrogen (secondary N) is 1. The second-order valence-corrected chi connectivity index (χ2v) is 3.60. The van der Waals surface area contributed by atoms with Crippen molar-refractivity contribution in [2.24, 2.45) is 5.92 Å². The Bertz CT molecular complexity index is 256. The zero-order valence-corrected chi connectivity index (χ0v) is 9.27. The molecule has 0 aromatic heterocycles. The van der Waals surface area contributed by atoms with Crippen molar-refractivity contribution in [2.45, 2.75) is 19.4 Å². The molecule has 1 saturated heterocycles. The summed E-state index contributed by atoms with van der Waals surface area (Å²) >= 11 is 0. The topological polar surface area (TPSA) is 84.9 Å². The summed E-state index contributed by atoms with van der Waals surface area (Å²) in [7, 11) is 0. The lowest BCUT2D eigenvalue weighted by Crippen LogP contribution is -2.42. The van der Waals surface area contributed by atoms with Gasteiger partial charge in [-0.15, -0.1) is 0 Å². The van der Waals surface area contributed by atoms with Gasteiger partial charge in [-0.2, -0.15) is 0 Å². The summed E-state index contributed by atoms with van der Waals surface area (Å²) in [6.07, 6.45) is 0.247. The van der Waals surface area contributed by atoms with Crippen LogP contribution in [0.15, 0.2) is 0 Å². The van der Waals surface area contributed by atoms with E-state index in [4.69, 9.17) is 14.6 Å². The molecule has 1 rings (SSSR count). The lowest BCUT2D eigenvalue weighted by atomic mass is 10.0. The summed E-state index contributed by atoms with van der Waals surface area (Å²) in [4.78, 5) is 22.2. The highest BCUT2D eigenvalue weighted by Gasteiger charge is 2.34. The van der Waals surface area contributed by atoms with Gasteiger partial charge in [0.05, 0.1) is 25.9 Å². The Labute approximate surface area is 93.9 Å². The standard InChI is InChI=1S/C10H17NO5/c1-2-15-4-3-9(12)11-8-6-16-5-7(8)10(13)14/h7-8H,2-6H2,1H3,(H,11,12)(H,13,14). The number of hydrogen-bond acceptors (Lipinski definition) is 4. The van der Waals surface area contributed by atoms with E-state index in [1.54, 1.807) is 0 Å². The molecule has 2 N–H and O–H groups in total. The van der Waals surface area contributed by atoms with Crippen LogP contribution in [0.2, 0.25) is 0 Å². The molecule has 1 aliphatic rings. The van der Waals surface area contributed by atoms with Gasteiger partial charge in [-0.05, 0) is 6.92 Å². The Hall–Kier alpha value is -1.14. The minimum absolute atomic E-state index is 0.158. The Morgan fingerprint density at radius 3 is 2.88 bits per heavy atom. The highest BCUT2D eigenvalue weighted by atomic mass is 16.5. The number of rotatable bonds is 6. The first kappa shape index (κ1) is 12.9. The normalized spacial score (nSPS) is 24.3. The highest BCUT2D eigenvalue weighted by molar-refractivity contribution is 5.78. The fraction of sp³-hybridized carbons (Fsp3) is 0.800. The van der Waals surface area contributed by atoms with Gasteiger partial charge in [0.1, 0.15) is 5.92 Å². The van der Waals surface area contributed by atoms with E-state index < -0.39 is 17.9 Å². The van der Waals surface area contributed by atoms with Crippen LogP contribution in [-0.4, -0.2) is 49.5 Å². The number of carbonyl (C=O) groups is 2. The van der Waals surface area contributed by atoms with Crippen molar-refractivity contribution in [3.8, 4) is 0 Å². The van der Waals surface area contributed by atoms with E-state index in [0.29, 0.717) is 13.2 Å². The first-order chi connectivity index (χ1) is 7.65. The Morgan fingerprint density at radius 1 is 1.50 bits per heavy atom. The zero-order valence-electron chi connectivity index (χ0n) is 9.27. The Morgan fingerprint density at radius 2 is 2.25 bits per heavy atom. The van der Waals surface area contributed by atoms with E-state index in [2.05, 4.69) is 5.32 Å². The molecule has 2 atom stereocenters. The average molecular weight is 231 g/mol. The third-order valence-electron chi connectivity index (χ3n) is 2.42. The molecule has 1 heterocycles. The zero-order chi connectivity index (χ0) is 12.0. The van der Waals surface area contributed by atoms with Crippen LogP contribution in [0, 0.1) is 5.92 Å². The first-order valence-electron chi connectivity index (χ1n) is 5.32. The maximum atomic E-state index is 11.4. The molecule has 0 aromatic carbocycles. The van der Waals surface area contributed by atoms with Crippen LogP contribution in [0.25, 0.3) is 0 Å². The van der Waals surface area contributed by atoms with E-state index >= 15 is 0 Å². The molecule has 2 unspecified atom stereocenters. The van der Waals surface area contributed by atoms with Crippen molar-refractivity contribution in [3.05, 3.63) is 0 Å². The smallest absolute Gasteiger partial charge is 0.311 e. The number of ether oxygens (including phenoxy) is 2. The molecule has 1 fully saturated rings. The number of aliphatic carboxylic acids is 1. The summed E-state index contributed by atoms with van der Waals surface area (Å²) in [5, 5.41) is 11.5. The second-order valence-electron chi connectivity index (χ2n) is 3.60. The van der Waals surface area contributed by atoms with E-state index in [-0.39, 0.29) is 25.5 Å². The quantitative estimate of drug-likeness (QED) is 0.609. The average Bonchev–Trinajstić information content (AvgIpc) is 2.66. The third kappa shape index (κ3) is 3.79. The molecule has 16 heavy (non-hydrogen) atoms. The van der Waals surface area contributed by atoms with Crippen LogP contribution in [0.4, 0.5) is 0 Å². The SMILES string of the molecule is CCOCCC(=O)NC1COCC1C(=O)O. The van der Waals surface area contributed by atoms with Crippen molar-refractivity contribution in [3.63, 3.8) is 0 Å². The van der Waals surface area contributed by atoms with Crippen LogP contribution >= 0.6 is 0 Å². The van der Waals surface area contributed by atoms with Gasteiger partial charge in [-0.3, -0.25) is 9.59 Å². The van der Waals surface area contributed by atoms with Crippen LogP contribution in [0.1, 0.15) is 13.3 Å². The molecule has 6 nitrogen and oxygen atoms in total. The maximum Gasteiger partial charge on any atom is 0.311 e. The molecule has 0 bridgehead atoms. The summed E-state index contributed by atoms with van der Waals surface area (Å²) in [5.41, 5.74) is 0. The Balaban J connectivity index is 2.30. The van der Waals surface area contributed by atoms with Crippen LogP contribution in [0.5, 0.6) is 0 Å². The van der Waals surface area contributed by atoms with Crippen molar-refractivity contribution in [2.75, 3.05) is 26.4 Å². The Kier molecular flexibility index (Phi) is 5.21. The second kappa shape index (κ2) is 6.44. The molecular formula is C10H17NO5. The molecule has 0 spiro atoms. The molecule has 1 amide bonds. The van der Waals surface area contributed by atoms with Gasteiger partial charge in [-0.1, -0.05) is 0 Å². The maximum absolute atomic E-state index is 11.4. The summed E-state index contributed by atoms with van der Waals surface area (Å²) in [6.45, 7) is 3.19. The predicted molar refractivity (Wildman–Crippen MR) is 55.0 cm³/mol. The molecular weight excluding hydrogens is 214 g/mol. The number of amides is 1. The lowest BCUT2D eigenvalue weighted by Gasteiger charge is -2.15. The van der Waals surface area contributed by atoms with Gasteiger partial charge in [0.2, 0.25) is 5.91 Å². The van der Waals surface area contributed by atoms with Crippen molar-refractivity contribution in [1.29, 1.82) is 0 Å². The van der Waals surface area contributed by atoms with Crippen LogP contribution in [0.3, 0.4) is 0 Å². The molecule has 1 aliphatic heterocycles. The minimum Gasteiger partial charge on any atom is -0.481 e. The summed E-state index contributed by atoms with van der Waals surface area (Å²) in [5.74, 6) is -1.78. The number of hydrogen-bond donors (Lipinski definition) is 2. The minimum atomic E-state index is -0.937. The van der Waals surface area contributed by atoms with Gasteiger partial charge in [-0.25, -0.2) is 0 Å². The molecule has 92 valence electrons. The lowest BCUT2D eigenvalue weighted by molar-refractivity contribution is -0.142. The van der Waals surface area contributed by atoms with Crippen molar-refractivity contribution < 1.29 is 24.2 Å². The van der Waals surface area contributed by atoms with Gasteiger partial charge in [0, 0.05) is 13.0 Å². The monoisotopic (exact) mass is 231 g/mol. The number of carboxylic acids is 1. The number of carbonyl (C=O) groups excluding carboxylic acids is 1.